The van der Waals surface area contributed by atoms with Crippen LogP contribution in [0.25, 0.3) is 10.1 Å². The van der Waals surface area contributed by atoms with Gasteiger partial charge >= 0.3 is 0 Å². The summed E-state index contributed by atoms with van der Waals surface area (Å²) in [6.45, 7) is 1.17. The van der Waals surface area contributed by atoms with Crippen LogP contribution in [0.15, 0.2) is 83.7 Å². The van der Waals surface area contributed by atoms with Gasteiger partial charge in [0.15, 0.2) is 0 Å². The van der Waals surface area contributed by atoms with Gasteiger partial charge in [0.2, 0.25) is 0 Å². The fourth-order valence-corrected chi connectivity index (χ4v) is 4.45. The number of amides is 1. The molecule has 0 spiro atoms. The molecule has 3 aromatic carbocycles. The van der Waals surface area contributed by atoms with Crippen LogP contribution < -0.4 is 10.9 Å². The van der Waals surface area contributed by atoms with Gasteiger partial charge in [-0.15, -0.1) is 0 Å². The number of carbonyl (C=O) groups is 1. The van der Waals surface area contributed by atoms with Gasteiger partial charge in [-0.2, -0.15) is 0 Å². The predicted molar refractivity (Wildman–Crippen MR) is 119 cm³/mol. The zero-order valence-corrected chi connectivity index (χ0v) is 16.8. The molecule has 1 heterocycles. The van der Waals surface area contributed by atoms with E-state index in [1.807, 2.05) is 48.5 Å². The lowest BCUT2D eigenvalue weighted by molar-refractivity contribution is 0.0956. The monoisotopic (exact) mass is 402 g/mol. The lowest BCUT2D eigenvalue weighted by atomic mass is 10.1. The minimum Gasteiger partial charge on any atom is -0.352 e. The maximum atomic E-state index is 12.8. The number of hydrogen-bond donors (Lipinski definition) is 1. The molecule has 1 N–H and O–H groups in total. The van der Waals surface area contributed by atoms with E-state index in [4.69, 9.17) is 0 Å². The first-order valence-corrected chi connectivity index (χ1v) is 10.5. The van der Waals surface area contributed by atoms with Crippen molar-refractivity contribution >= 4 is 27.5 Å². The first kappa shape index (κ1) is 19.2. The second-order valence-corrected chi connectivity index (χ2v) is 7.94. The molecule has 0 saturated carbocycles. The van der Waals surface area contributed by atoms with E-state index in [1.165, 1.54) is 22.7 Å². The summed E-state index contributed by atoms with van der Waals surface area (Å²) in [5.41, 5.74) is 2.91. The molecule has 4 nitrogen and oxygen atoms in total. The number of nitrogens with zero attached hydrogens (tertiary/aromatic N) is 1. The van der Waals surface area contributed by atoms with Crippen molar-refractivity contribution in [3.05, 3.63) is 106 Å². The predicted octanol–water partition coefficient (Wildman–Crippen LogP) is 4.28. The van der Waals surface area contributed by atoms with E-state index < -0.39 is 0 Å². The van der Waals surface area contributed by atoms with Gasteiger partial charge in [-0.3, -0.25) is 13.5 Å². The third kappa shape index (κ3) is 4.46. The third-order valence-electron chi connectivity index (χ3n) is 4.91. The van der Waals surface area contributed by atoms with Crippen molar-refractivity contribution in [1.82, 2.24) is 9.27 Å². The molecule has 0 radical (unpaired) electrons. The van der Waals surface area contributed by atoms with E-state index in [1.54, 1.807) is 22.2 Å². The summed E-state index contributed by atoms with van der Waals surface area (Å²) >= 11 is 1.37. The number of aromatic nitrogens is 1. The molecule has 0 aliphatic heterocycles. The number of rotatable bonds is 7. The van der Waals surface area contributed by atoms with Gasteiger partial charge in [0.05, 0.1) is 15.6 Å². The number of hydrogen-bond acceptors (Lipinski definition) is 3. The lowest BCUT2D eigenvalue weighted by Gasteiger charge is -2.06. The Morgan fingerprint density at radius 1 is 0.828 bits per heavy atom. The van der Waals surface area contributed by atoms with Gasteiger partial charge in [0, 0.05) is 13.1 Å². The van der Waals surface area contributed by atoms with Crippen LogP contribution in [0.2, 0.25) is 0 Å². The first-order valence-electron chi connectivity index (χ1n) is 9.71. The third-order valence-corrected chi connectivity index (χ3v) is 6.10. The smallest absolute Gasteiger partial charge is 0.268 e. The summed E-state index contributed by atoms with van der Waals surface area (Å²) in [4.78, 5) is 25.5. The van der Waals surface area contributed by atoms with Gasteiger partial charge in [0.1, 0.15) is 0 Å². The SMILES string of the molecule is O=C(NCCc1ccccc1)c1cccc2c(=O)n(CCc3ccccc3)sc12. The van der Waals surface area contributed by atoms with Crippen LogP contribution >= 0.6 is 11.5 Å². The van der Waals surface area contributed by atoms with E-state index in [0.717, 1.165) is 17.5 Å². The van der Waals surface area contributed by atoms with Crippen molar-refractivity contribution < 1.29 is 4.79 Å². The molecule has 146 valence electrons. The van der Waals surface area contributed by atoms with Crippen molar-refractivity contribution in [2.45, 2.75) is 19.4 Å². The van der Waals surface area contributed by atoms with Crippen molar-refractivity contribution in [3.8, 4) is 0 Å². The van der Waals surface area contributed by atoms with Crippen LogP contribution in [0.1, 0.15) is 21.5 Å². The minimum absolute atomic E-state index is 0.0279. The Morgan fingerprint density at radius 2 is 1.48 bits per heavy atom. The summed E-state index contributed by atoms with van der Waals surface area (Å²) < 4.78 is 2.50. The molecular weight excluding hydrogens is 380 g/mol. The van der Waals surface area contributed by atoms with Gasteiger partial charge in [0.25, 0.3) is 11.5 Å². The summed E-state index contributed by atoms with van der Waals surface area (Å²) in [6.07, 6.45) is 1.56. The van der Waals surface area contributed by atoms with Gasteiger partial charge in [-0.1, -0.05) is 78.3 Å². The number of aryl methyl sites for hydroxylation is 2. The van der Waals surface area contributed by atoms with Gasteiger partial charge in [-0.05, 0) is 36.1 Å². The van der Waals surface area contributed by atoms with Crippen LogP contribution in [-0.4, -0.2) is 16.4 Å². The fraction of sp³-hybridized carbons (Fsp3) is 0.167. The summed E-state index contributed by atoms with van der Waals surface area (Å²) in [7, 11) is 0. The fourth-order valence-electron chi connectivity index (χ4n) is 3.35. The molecule has 0 aliphatic carbocycles. The van der Waals surface area contributed by atoms with Crippen LogP contribution in [0.4, 0.5) is 0 Å². The highest BCUT2D eigenvalue weighted by atomic mass is 32.1. The average molecular weight is 403 g/mol. The van der Waals surface area contributed by atoms with E-state index in [2.05, 4.69) is 17.4 Å². The van der Waals surface area contributed by atoms with Crippen molar-refractivity contribution in [2.24, 2.45) is 0 Å². The van der Waals surface area contributed by atoms with Gasteiger partial charge < -0.3 is 5.32 Å². The topological polar surface area (TPSA) is 51.1 Å². The number of benzene rings is 3. The Hall–Kier alpha value is -3.18. The van der Waals surface area contributed by atoms with Crippen LogP contribution in [0.3, 0.4) is 0 Å². The Morgan fingerprint density at radius 3 is 2.17 bits per heavy atom. The average Bonchev–Trinajstić information content (AvgIpc) is 3.09. The molecule has 5 heteroatoms. The van der Waals surface area contributed by atoms with E-state index in [0.29, 0.717) is 24.0 Å². The standard InChI is InChI=1S/C24H22N2O2S/c27-23(25-16-14-18-8-3-1-4-9-18)20-12-7-13-21-22(20)29-26(24(21)28)17-15-19-10-5-2-6-11-19/h1-13H,14-17H2,(H,25,27). The maximum absolute atomic E-state index is 12.8. The molecule has 1 aromatic heterocycles. The second kappa shape index (κ2) is 8.88. The molecule has 0 unspecified atom stereocenters. The molecule has 1 amide bonds. The van der Waals surface area contributed by atoms with E-state index in [9.17, 15) is 9.59 Å². The largest absolute Gasteiger partial charge is 0.352 e. The summed E-state index contributed by atoms with van der Waals surface area (Å²) in [6, 6.07) is 25.5. The second-order valence-electron chi connectivity index (χ2n) is 6.91. The first-order chi connectivity index (χ1) is 14.2. The number of fused-ring (bicyclic) bond motifs is 1. The van der Waals surface area contributed by atoms with Crippen LogP contribution in [-0.2, 0) is 19.4 Å². The normalized spacial score (nSPS) is 10.9. The minimum atomic E-state index is -0.136. The Labute approximate surface area is 173 Å². The maximum Gasteiger partial charge on any atom is 0.268 e. The molecule has 0 bridgehead atoms. The highest BCUT2D eigenvalue weighted by Crippen LogP contribution is 2.22. The summed E-state index contributed by atoms with van der Waals surface area (Å²) in [5, 5.41) is 3.59. The number of carbonyl (C=O) groups excluding carboxylic acids is 1. The van der Waals surface area contributed by atoms with Crippen molar-refractivity contribution in [1.29, 1.82) is 0 Å². The molecule has 0 atom stereocenters. The molecule has 0 aliphatic rings. The highest BCUT2D eigenvalue weighted by molar-refractivity contribution is 7.14. The van der Waals surface area contributed by atoms with Crippen molar-refractivity contribution in [3.63, 3.8) is 0 Å². The molecule has 4 rings (SSSR count). The van der Waals surface area contributed by atoms with Crippen LogP contribution in [0.5, 0.6) is 0 Å². The Kier molecular flexibility index (Phi) is 5.86. The lowest BCUT2D eigenvalue weighted by Crippen LogP contribution is -2.25. The zero-order valence-electron chi connectivity index (χ0n) is 16.0. The Bertz CT molecular complexity index is 1160. The molecule has 4 aromatic rings. The Balaban J connectivity index is 1.49. The molecule has 0 saturated heterocycles. The quantitative estimate of drug-likeness (QED) is 0.502. The van der Waals surface area contributed by atoms with E-state index in [-0.39, 0.29) is 11.5 Å². The highest BCUT2D eigenvalue weighted by Gasteiger charge is 2.15. The molecular formula is C24H22N2O2S. The van der Waals surface area contributed by atoms with Gasteiger partial charge in [-0.25, -0.2) is 0 Å². The van der Waals surface area contributed by atoms with Crippen LogP contribution in [0, 0.1) is 0 Å². The molecule has 0 fully saturated rings. The summed E-state index contributed by atoms with van der Waals surface area (Å²) in [5.74, 6) is -0.136. The van der Waals surface area contributed by atoms with E-state index >= 15 is 0 Å². The van der Waals surface area contributed by atoms with Crippen molar-refractivity contribution in [2.75, 3.05) is 6.54 Å². The zero-order chi connectivity index (χ0) is 20.1. The molecule has 29 heavy (non-hydrogen) atoms. The number of nitrogens with one attached hydrogen (secondary N) is 1.